The maximum atomic E-state index is 15.5. The van der Waals surface area contributed by atoms with Crippen LogP contribution in [0.4, 0.5) is 5.69 Å². The molecule has 4 aromatic rings. The number of esters is 2. The van der Waals surface area contributed by atoms with Gasteiger partial charge in [0.05, 0.1) is 13.7 Å². The lowest BCUT2D eigenvalue weighted by Crippen LogP contribution is -2.63. The highest BCUT2D eigenvalue weighted by Gasteiger charge is 2.58. The largest absolute Gasteiger partial charge is 0.514 e. The maximum absolute atomic E-state index is 15.5. The van der Waals surface area contributed by atoms with Gasteiger partial charge in [-0.2, -0.15) is 5.09 Å². The second kappa shape index (κ2) is 16.2. The van der Waals surface area contributed by atoms with Gasteiger partial charge in [0, 0.05) is 38.9 Å². The first-order chi connectivity index (χ1) is 23.2. The van der Waals surface area contributed by atoms with Crippen molar-refractivity contribution in [1.82, 2.24) is 5.09 Å². The minimum Gasteiger partial charge on any atom is -0.467 e. The molecule has 258 valence electrons. The highest BCUT2D eigenvalue weighted by molar-refractivity contribution is 14.1. The molecule has 2 N–H and O–H groups in total. The normalized spacial score (nSPS) is 13.1. The van der Waals surface area contributed by atoms with Gasteiger partial charge in [-0.05, 0) is 98.8 Å². The van der Waals surface area contributed by atoms with Gasteiger partial charge >= 0.3 is 19.7 Å². The molecule has 0 saturated carbocycles. The fraction of sp³-hybridized carbons (Fsp3) is 0.250. The van der Waals surface area contributed by atoms with E-state index in [4.69, 9.17) is 30.1 Å². The zero-order chi connectivity index (χ0) is 35.9. The van der Waals surface area contributed by atoms with Crippen LogP contribution in [0, 0.1) is 27.7 Å². The van der Waals surface area contributed by atoms with Crippen LogP contribution in [0.25, 0.3) is 0 Å². The first-order valence-corrected chi connectivity index (χ1v) is 18.2. The SMILES string of the molecule is CCOC(=O)C(Nc1ccc(C(=O)I)cc1)C(NP(=O)(Oc1c(C)cccc1C)Oc1c(C)cccc1C)(C(=O)OC)c1ccc(Cl)cc1. The van der Waals surface area contributed by atoms with Crippen LogP contribution in [-0.4, -0.2) is 35.5 Å². The van der Waals surface area contributed by atoms with Crippen molar-refractivity contribution in [2.45, 2.75) is 46.2 Å². The number of carbonyl (C=O) groups excluding carboxylic acids is 3. The molecule has 13 heteroatoms. The number of hydrogen-bond acceptors (Lipinski definition) is 9. The average Bonchev–Trinajstić information content (AvgIpc) is 3.06. The van der Waals surface area contributed by atoms with Gasteiger partial charge in [0.25, 0.3) is 0 Å². The molecule has 0 amide bonds. The Labute approximate surface area is 304 Å². The summed E-state index contributed by atoms with van der Waals surface area (Å²) >= 11 is 7.95. The molecule has 10 nitrogen and oxygen atoms in total. The Morgan fingerprint density at radius 3 is 1.73 bits per heavy atom. The highest BCUT2D eigenvalue weighted by Crippen LogP contribution is 2.52. The molecule has 0 saturated heterocycles. The molecular weight excluding hydrogens is 782 g/mol. The van der Waals surface area contributed by atoms with Crippen LogP contribution < -0.4 is 19.5 Å². The Balaban J connectivity index is 2.04. The summed E-state index contributed by atoms with van der Waals surface area (Å²) in [6, 6.07) is 21.4. The van der Waals surface area contributed by atoms with E-state index in [2.05, 4.69) is 10.4 Å². The molecule has 0 aliphatic heterocycles. The molecule has 0 aliphatic rings. The zero-order valence-corrected chi connectivity index (χ0v) is 31.6. The molecular formula is C36H37ClIN2O8P. The quantitative estimate of drug-likeness (QED) is 0.0554. The predicted octanol–water partition coefficient (Wildman–Crippen LogP) is 8.42. The van der Waals surface area contributed by atoms with Crippen molar-refractivity contribution in [2.75, 3.05) is 19.0 Å². The monoisotopic (exact) mass is 818 g/mol. The van der Waals surface area contributed by atoms with Gasteiger partial charge in [0.1, 0.15) is 11.5 Å². The fourth-order valence-corrected chi connectivity index (χ4v) is 7.74. The Morgan fingerprint density at radius 2 is 1.31 bits per heavy atom. The average molecular weight is 819 g/mol. The van der Waals surface area contributed by atoms with Gasteiger partial charge in [-0.3, -0.25) is 4.79 Å². The van der Waals surface area contributed by atoms with E-state index in [-0.39, 0.29) is 27.5 Å². The van der Waals surface area contributed by atoms with Gasteiger partial charge in [0.2, 0.25) is 3.79 Å². The smallest absolute Gasteiger partial charge is 0.467 e. The van der Waals surface area contributed by atoms with E-state index in [1.807, 2.05) is 12.1 Å². The zero-order valence-electron chi connectivity index (χ0n) is 27.8. The van der Waals surface area contributed by atoms with Gasteiger partial charge in [-0.1, -0.05) is 60.1 Å². The topological polar surface area (TPSA) is 129 Å². The lowest BCUT2D eigenvalue weighted by atomic mass is 9.83. The molecule has 0 fully saturated rings. The summed E-state index contributed by atoms with van der Waals surface area (Å²) in [5.74, 6) is -1.41. The van der Waals surface area contributed by atoms with E-state index < -0.39 is 31.3 Å². The van der Waals surface area contributed by atoms with E-state index in [1.165, 1.54) is 24.3 Å². The second-order valence-corrected chi connectivity index (χ2v) is 14.2. The molecule has 0 radical (unpaired) electrons. The van der Waals surface area contributed by atoms with Crippen molar-refractivity contribution < 1.29 is 37.5 Å². The molecule has 0 aromatic heterocycles. The minimum atomic E-state index is -4.75. The maximum Gasteiger partial charge on any atom is 0.514 e. The third-order valence-corrected chi connectivity index (χ3v) is 10.1. The van der Waals surface area contributed by atoms with E-state index in [0.717, 1.165) is 7.11 Å². The van der Waals surface area contributed by atoms with Crippen LogP contribution in [0.5, 0.6) is 11.5 Å². The summed E-state index contributed by atoms with van der Waals surface area (Å²) in [5, 5.41) is 6.32. The number of benzene rings is 4. The number of para-hydroxylation sites is 2. The Bertz CT molecular complexity index is 1790. The first-order valence-electron chi connectivity index (χ1n) is 15.2. The lowest BCUT2D eigenvalue weighted by molar-refractivity contribution is -0.157. The van der Waals surface area contributed by atoms with Crippen LogP contribution in [0.1, 0.15) is 45.1 Å². The number of methoxy groups -OCH3 is 1. The summed E-state index contributed by atoms with van der Waals surface area (Å²) in [6.07, 6.45) is 0. The van der Waals surface area contributed by atoms with Crippen molar-refractivity contribution >= 4 is 63.4 Å². The van der Waals surface area contributed by atoms with Gasteiger partial charge in [-0.25, -0.2) is 14.2 Å². The summed E-state index contributed by atoms with van der Waals surface area (Å²) in [6.45, 7) is 8.70. The molecule has 0 bridgehead atoms. The number of rotatable bonds is 14. The van der Waals surface area contributed by atoms with Gasteiger partial charge in [0.15, 0.2) is 11.6 Å². The molecule has 0 heterocycles. The number of ether oxygens (including phenoxy) is 2. The molecule has 2 atom stereocenters. The molecule has 4 aromatic carbocycles. The first kappa shape index (κ1) is 37.9. The number of halogens is 2. The highest BCUT2D eigenvalue weighted by atomic mass is 127. The number of nitrogens with one attached hydrogen (secondary N) is 2. The minimum absolute atomic E-state index is 0.0490. The Kier molecular flexibility index (Phi) is 12.5. The lowest BCUT2D eigenvalue weighted by Gasteiger charge is -2.40. The number of carbonyl (C=O) groups is 3. The van der Waals surface area contributed by atoms with E-state index in [9.17, 15) is 14.4 Å². The molecule has 0 aliphatic carbocycles. The third kappa shape index (κ3) is 8.64. The van der Waals surface area contributed by atoms with E-state index >= 15 is 4.57 Å². The van der Waals surface area contributed by atoms with Crippen LogP contribution in [-0.2, 0) is 29.2 Å². The summed E-state index contributed by atoms with van der Waals surface area (Å²) in [5.41, 5.74) is 1.13. The summed E-state index contributed by atoms with van der Waals surface area (Å²) in [4.78, 5) is 40.4. The Morgan fingerprint density at radius 1 is 0.816 bits per heavy atom. The van der Waals surface area contributed by atoms with Crippen LogP contribution in [0.3, 0.4) is 0 Å². The van der Waals surface area contributed by atoms with Crippen molar-refractivity contribution in [2.24, 2.45) is 0 Å². The number of anilines is 1. The van der Waals surface area contributed by atoms with Gasteiger partial charge in [-0.15, -0.1) is 0 Å². The molecule has 4 rings (SSSR count). The third-order valence-electron chi connectivity index (χ3n) is 7.74. The van der Waals surface area contributed by atoms with Crippen molar-refractivity contribution in [3.63, 3.8) is 0 Å². The fourth-order valence-electron chi connectivity index (χ4n) is 5.29. The second-order valence-electron chi connectivity index (χ2n) is 11.2. The number of aryl methyl sites for hydroxylation is 4. The van der Waals surface area contributed by atoms with Crippen LogP contribution >= 0.6 is 41.9 Å². The van der Waals surface area contributed by atoms with E-state index in [0.29, 0.717) is 38.5 Å². The molecule has 49 heavy (non-hydrogen) atoms. The molecule has 2 unspecified atom stereocenters. The number of hydrogen-bond donors (Lipinski definition) is 2. The van der Waals surface area contributed by atoms with Crippen molar-refractivity contribution in [1.29, 1.82) is 0 Å². The Hall–Kier alpha value is -3.90. The molecule has 0 spiro atoms. The predicted molar refractivity (Wildman–Crippen MR) is 198 cm³/mol. The van der Waals surface area contributed by atoms with Gasteiger partial charge < -0.3 is 23.8 Å². The summed E-state index contributed by atoms with van der Waals surface area (Å²) in [7, 11) is -3.61. The van der Waals surface area contributed by atoms with Crippen LogP contribution in [0.15, 0.2) is 84.9 Å². The van der Waals surface area contributed by atoms with Crippen molar-refractivity contribution in [3.8, 4) is 11.5 Å². The van der Waals surface area contributed by atoms with Crippen molar-refractivity contribution in [3.05, 3.63) is 123 Å². The summed E-state index contributed by atoms with van der Waals surface area (Å²) < 4.78 is 38.8. The van der Waals surface area contributed by atoms with E-state index in [1.54, 1.807) is 106 Å². The van der Waals surface area contributed by atoms with Crippen LogP contribution in [0.2, 0.25) is 5.02 Å². The standard InChI is InChI=1S/C36H37ClIN2O8P/c1-7-46-34(42)32(39-29-20-14-26(15-21-29)33(38)41)36(35(43)45-6,27-16-18-28(37)19-17-27)40-49(44,47-30-22(2)10-8-11-23(30)3)48-31-24(4)12-9-13-25(31)5/h8-21,32,39H,7H2,1-6H3,(H,40,44).